The van der Waals surface area contributed by atoms with Gasteiger partial charge in [0.05, 0.1) is 5.56 Å². The Labute approximate surface area is 119 Å². The fourth-order valence-electron chi connectivity index (χ4n) is 1.36. The molecule has 0 atom stereocenters. The van der Waals surface area contributed by atoms with Gasteiger partial charge in [0.1, 0.15) is 5.75 Å². The smallest absolute Gasteiger partial charge is 0.409 e. The number of hydrogen-bond donors (Lipinski definition) is 0. The molecule has 0 aliphatic rings. The molecule has 0 bridgehead atoms. The van der Waals surface area contributed by atoms with Crippen LogP contribution < -0.4 is 9.62 Å². The zero-order valence-electron chi connectivity index (χ0n) is 10.1. The third kappa shape index (κ3) is 4.00. The molecular formula is C14H9ClO5. The van der Waals surface area contributed by atoms with Gasteiger partial charge in [0.2, 0.25) is 0 Å². The molecule has 0 aliphatic carbocycles. The average Bonchev–Trinajstić information content (AvgIpc) is 2.46. The van der Waals surface area contributed by atoms with Crippen molar-refractivity contribution >= 4 is 23.0 Å². The highest BCUT2D eigenvalue weighted by Crippen LogP contribution is 2.18. The lowest BCUT2D eigenvalue weighted by atomic mass is 10.2. The van der Waals surface area contributed by atoms with Gasteiger partial charge in [0.25, 0.3) is 0 Å². The molecule has 102 valence electrons. The summed E-state index contributed by atoms with van der Waals surface area (Å²) in [5, 5.41) is 0. The predicted molar refractivity (Wildman–Crippen MR) is 70.8 cm³/mol. The van der Waals surface area contributed by atoms with Crippen LogP contribution in [0.5, 0.6) is 11.5 Å². The SMILES string of the molecule is O=C(Cl)Oc1ccc(OOC(=O)c2ccccc2)cc1. The lowest BCUT2D eigenvalue weighted by Gasteiger charge is -2.05. The van der Waals surface area contributed by atoms with Crippen LogP contribution in [0.25, 0.3) is 0 Å². The molecule has 0 heterocycles. The van der Waals surface area contributed by atoms with Crippen LogP contribution in [0.1, 0.15) is 10.4 Å². The van der Waals surface area contributed by atoms with Crippen LogP contribution in [0, 0.1) is 0 Å². The predicted octanol–water partition coefficient (Wildman–Crippen LogP) is 3.58. The lowest BCUT2D eigenvalue weighted by molar-refractivity contribution is -0.149. The zero-order valence-corrected chi connectivity index (χ0v) is 10.9. The van der Waals surface area contributed by atoms with Gasteiger partial charge in [-0.15, -0.1) is 0 Å². The molecule has 0 saturated heterocycles. The number of rotatable bonds is 4. The summed E-state index contributed by atoms with van der Waals surface area (Å²) in [6.07, 6.45) is 0. The molecule has 0 unspecified atom stereocenters. The number of ether oxygens (including phenoxy) is 1. The Hall–Kier alpha value is -2.53. The molecule has 0 N–H and O–H groups in total. The van der Waals surface area contributed by atoms with Crippen LogP contribution in [-0.2, 0) is 4.89 Å². The number of halogens is 1. The summed E-state index contributed by atoms with van der Waals surface area (Å²) in [4.78, 5) is 31.6. The van der Waals surface area contributed by atoms with Gasteiger partial charge >= 0.3 is 11.4 Å². The molecule has 0 spiro atoms. The van der Waals surface area contributed by atoms with Crippen molar-refractivity contribution in [2.75, 3.05) is 0 Å². The third-order valence-electron chi connectivity index (χ3n) is 2.24. The van der Waals surface area contributed by atoms with E-state index in [1.165, 1.54) is 24.3 Å². The summed E-state index contributed by atoms with van der Waals surface area (Å²) < 4.78 is 4.63. The molecule has 6 heteroatoms. The minimum absolute atomic E-state index is 0.256. The molecule has 2 rings (SSSR count). The van der Waals surface area contributed by atoms with Crippen molar-refractivity contribution < 1.29 is 24.1 Å². The monoisotopic (exact) mass is 292 g/mol. The van der Waals surface area contributed by atoms with Gasteiger partial charge in [0.15, 0.2) is 5.75 Å². The Morgan fingerprint density at radius 1 is 0.850 bits per heavy atom. The maximum absolute atomic E-state index is 11.6. The van der Waals surface area contributed by atoms with Crippen LogP contribution in [0.3, 0.4) is 0 Å². The third-order valence-corrected chi connectivity index (χ3v) is 2.32. The van der Waals surface area contributed by atoms with E-state index >= 15 is 0 Å². The van der Waals surface area contributed by atoms with E-state index < -0.39 is 11.4 Å². The first-order chi connectivity index (χ1) is 9.65. The number of benzene rings is 2. The molecular weight excluding hydrogens is 284 g/mol. The molecule has 0 radical (unpaired) electrons. The lowest BCUT2D eigenvalue weighted by Crippen LogP contribution is -2.08. The summed E-state index contributed by atoms with van der Waals surface area (Å²) in [5.74, 6) is -0.0720. The van der Waals surface area contributed by atoms with Crippen LogP contribution in [0.15, 0.2) is 54.6 Å². The van der Waals surface area contributed by atoms with Crippen LogP contribution in [-0.4, -0.2) is 11.4 Å². The first-order valence-electron chi connectivity index (χ1n) is 5.56. The van der Waals surface area contributed by atoms with E-state index in [4.69, 9.17) is 16.5 Å². The quantitative estimate of drug-likeness (QED) is 0.490. The summed E-state index contributed by atoms with van der Waals surface area (Å²) in [6, 6.07) is 14.3. The van der Waals surface area contributed by atoms with E-state index in [1.54, 1.807) is 30.3 Å². The molecule has 0 aliphatic heterocycles. The Morgan fingerprint density at radius 2 is 1.45 bits per heavy atom. The Morgan fingerprint density at radius 3 is 2.05 bits per heavy atom. The second-order valence-electron chi connectivity index (χ2n) is 3.63. The second kappa shape index (κ2) is 6.58. The minimum Gasteiger partial charge on any atom is -0.414 e. The van der Waals surface area contributed by atoms with Gasteiger partial charge in [-0.05, 0) is 36.4 Å². The first-order valence-corrected chi connectivity index (χ1v) is 5.94. The van der Waals surface area contributed by atoms with Crippen molar-refractivity contribution in [1.29, 1.82) is 0 Å². The highest BCUT2D eigenvalue weighted by Gasteiger charge is 2.08. The highest BCUT2D eigenvalue weighted by atomic mass is 35.5. The Kier molecular flexibility index (Phi) is 4.57. The molecule has 20 heavy (non-hydrogen) atoms. The number of hydrogen-bond acceptors (Lipinski definition) is 5. The van der Waals surface area contributed by atoms with E-state index in [0.717, 1.165) is 0 Å². The largest absolute Gasteiger partial charge is 0.414 e. The fraction of sp³-hybridized carbons (Fsp3) is 0. The fourth-order valence-corrected chi connectivity index (χ4v) is 1.45. The summed E-state index contributed by atoms with van der Waals surface area (Å²) in [5.41, 5.74) is -0.561. The van der Waals surface area contributed by atoms with E-state index in [9.17, 15) is 9.59 Å². The van der Waals surface area contributed by atoms with E-state index in [2.05, 4.69) is 9.62 Å². The normalized spacial score (nSPS) is 9.65. The molecule has 5 nitrogen and oxygen atoms in total. The van der Waals surface area contributed by atoms with Crippen molar-refractivity contribution in [3.05, 3.63) is 60.2 Å². The molecule has 0 saturated carbocycles. The van der Waals surface area contributed by atoms with Gasteiger partial charge < -0.3 is 4.74 Å². The van der Waals surface area contributed by atoms with E-state index in [1.807, 2.05) is 0 Å². The molecule has 0 fully saturated rings. The van der Waals surface area contributed by atoms with Gasteiger partial charge in [-0.3, -0.25) is 4.89 Å². The van der Waals surface area contributed by atoms with Gasteiger partial charge in [-0.2, -0.15) is 0 Å². The highest BCUT2D eigenvalue weighted by molar-refractivity contribution is 6.61. The van der Waals surface area contributed by atoms with E-state index in [-0.39, 0.29) is 11.5 Å². The number of carbonyl (C=O) groups excluding carboxylic acids is 2. The van der Waals surface area contributed by atoms with Crippen LogP contribution >= 0.6 is 11.6 Å². The van der Waals surface area contributed by atoms with Gasteiger partial charge in [-0.25, -0.2) is 14.5 Å². The summed E-state index contributed by atoms with van der Waals surface area (Å²) in [6.45, 7) is 0. The van der Waals surface area contributed by atoms with Crippen LogP contribution in [0.2, 0.25) is 0 Å². The van der Waals surface area contributed by atoms with Crippen molar-refractivity contribution in [2.24, 2.45) is 0 Å². The molecule has 0 amide bonds. The average molecular weight is 293 g/mol. The molecule has 2 aromatic rings. The Bertz CT molecular complexity index is 595. The van der Waals surface area contributed by atoms with E-state index in [0.29, 0.717) is 5.56 Å². The van der Waals surface area contributed by atoms with Crippen molar-refractivity contribution in [3.63, 3.8) is 0 Å². The van der Waals surface area contributed by atoms with Crippen molar-refractivity contribution in [1.82, 2.24) is 0 Å². The van der Waals surface area contributed by atoms with Crippen molar-refractivity contribution in [3.8, 4) is 11.5 Å². The second-order valence-corrected chi connectivity index (χ2v) is 3.94. The number of carbonyl (C=O) groups is 2. The topological polar surface area (TPSA) is 61.8 Å². The first kappa shape index (κ1) is 13.9. The van der Waals surface area contributed by atoms with Crippen LogP contribution in [0.4, 0.5) is 4.79 Å². The Balaban J connectivity index is 1.91. The molecule has 2 aromatic carbocycles. The molecule has 0 aromatic heterocycles. The van der Waals surface area contributed by atoms with Gasteiger partial charge in [0, 0.05) is 11.6 Å². The van der Waals surface area contributed by atoms with Crippen molar-refractivity contribution in [2.45, 2.75) is 0 Å². The standard InChI is InChI=1S/C14H9ClO5/c15-14(17)18-11-6-8-12(9-7-11)19-20-13(16)10-4-2-1-3-5-10/h1-9H. The summed E-state index contributed by atoms with van der Waals surface area (Å²) in [7, 11) is 0. The van der Waals surface area contributed by atoms with Gasteiger partial charge in [-0.1, -0.05) is 18.2 Å². The maximum atomic E-state index is 11.6. The minimum atomic E-state index is -0.936. The zero-order chi connectivity index (χ0) is 14.4. The summed E-state index contributed by atoms with van der Waals surface area (Å²) >= 11 is 5.06. The maximum Gasteiger partial charge on any atom is 0.409 e.